The molecule has 0 saturated heterocycles. The first kappa shape index (κ1) is 17.0. The highest BCUT2D eigenvalue weighted by Crippen LogP contribution is 2.62. The van der Waals surface area contributed by atoms with Gasteiger partial charge < -0.3 is 9.84 Å². The van der Waals surface area contributed by atoms with Crippen molar-refractivity contribution in [1.82, 2.24) is 0 Å². The Morgan fingerprint density at radius 2 is 1.96 bits per heavy atom. The molecule has 7 atom stereocenters. The molecule has 1 N–H and O–H groups in total. The molecule has 136 valence electrons. The van der Waals surface area contributed by atoms with Crippen molar-refractivity contribution in [2.45, 2.75) is 65.1 Å². The molecule has 0 bridgehead atoms. The molecule has 0 aromatic rings. The summed E-state index contributed by atoms with van der Waals surface area (Å²) in [6.07, 6.45) is 9.67. The number of esters is 1. The van der Waals surface area contributed by atoms with E-state index in [0.29, 0.717) is 5.92 Å². The van der Waals surface area contributed by atoms with Crippen LogP contribution in [0.3, 0.4) is 0 Å². The van der Waals surface area contributed by atoms with Crippen LogP contribution in [0.5, 0.6) is 0 Å². The number of hydrogen-bond acceptors (Lipinski definition) is 4. The van der Waals surface area contributed by atoms with E-state index in [1.165, 1.54) is 12.5 Å². The van der Waals surface area contributed by atoms with Crippen molar-refractivity contribution in [2.24, 2.45) is 28.6 Å². The lowest BCUT2D eigenvalue weighted by atomic mass is 9.47. The summed E-state index contributed by atoms with van der Waals surface area (Å²) in [4.78, 5) is 23.7. The third-order valence-corrected chi connectivity index (χ3v) is 7.69. The van der Waals surface area contributed by atoms with Gasteiger partial charge in [0.15, 0.2) is 5.78 Å². The predicted molar refractivity (Wildman–Crippen MR) is 93.6 cm³/mol. The van der Waals surface area contributed by atoms with Gasteiger partial charge in [0, 0.05) is 18.8 Å². The Balaban J connectivity index is 1.66. The Labute approximate surface area is 149 Å². The second-order valence-electron chi connectivity index (χ2n) is 8.96. The molecule has 0 heterocycles. The van der Waals surface area contributed by atoms with Crippen LogP contribution >= 0.6 is 0 Å². The molecule has 0 radical (unpaired) electrons. The third-order valence-electron chi connectivity index (χ3n) is 7.69. The third kappa shape index (κ3) is 2.37. The van der Waals surface area contributed by atoms with Crippen LogP contribution in [0.1, 0.15) is 52.9 Å². The number of ketones is 1. The van der Waals surface area contributed by atoms with Crippen LogP contribution in [0.2, 0.25) is 0 Å². The zero-order chi connectivity index (χ0) is 18.0. The van der Waals surface area contributed by atoms with Gasteiger partial charge in [-0.25, -0.2) is 0 Å². The number of aliphatic hydroxyl groups excluding tert-OH is 1. The maximum absolute atomic E-state index is 12.4. The first-order valence-electron chi connectivity index (χ1n) is 9.55. The second kappa shape index (κ2) is 5.54. The maximum atomic E-state index is 12.4. The van der Waals surface area contributed by atoms with E-state index in [1.807, 2.05) is 6.08 Å². The number of allylic oxidation sites excluding steroid dienone is 2. The van der Waals surface area contributed by atoms with E-state index >= 15 is 0 Å². The minimum Gasteiger partial charge on any atom is -0.462 e. The molecule has 4 aliphatic carbocycles. The predicted octanol–water partition coefficient (Wildman–Crippen LogP) is 3.20. The number of hydrogen-bond donors (Lipinski definition) is 1. The fraction of sp³-hybridized carbons (Fsp3) is 0.714. The highest BCUT2D eigenvalue weighted by Gasteiger charge is 2.59. The largest absolute Gasteiger partial charge is 0.462 e. The molecule has 0 spiro atoms. The lowest BCUT2D eigenvalue weighted by Gasteiger charge is -2.57. The average molecular weight is 344 g/mol. The van der Waals surface area contributed by atoms with E-state index in [1.54, 1.807) is 6.08 Å². The quantitative estimate of drug-likeness (QED) is 0.586. The van der Waals surface area contributed by atoms with Crippen LogP contribution in [0.4, 0.5) is 0 Å². The molecule has 0 aromatic heterocycles. The summed E-state index contributed by atoms with van der Waals surface area (Å²) >= 11 is 0. The minimum atomic E-state index is -0.524. The fourth-order valence-electron chi connectivity index (χ4n) is 6.23. The molecule has 0 aromatic carbocycles. The summed E-state index contributed by atoms with van der Waals surface area (Å²) in [5, 5.41) is 10.9. The Kier molecular flexibility index (Phi) is 3.77. The molecule has 2 saturated carbocycles. The summed E-state index contributed by atoms with van der Waals surface area (Å²) in [5.41, 5.74) is 0.954. The van der Waals surface area contributed by atoms with Crippen LogP contribution in [-0.2, 0) is 14.3 Å². The van der Waals surface area contributed by atoms with Gasteiger partial charge in [-0.05, 0) is 54.9 Å². The van der Waals surface area contributed by atoms with E-state index in [9.17, 15) is 14.7 Å². The minimum absolute atomic E-state index is 0.0430. The molecular weight excluding hydrogens is 316 g/mol. The molecular formula is C21H28O4. The number of carbonyl (C=O) groups is 2. The Morgan fingerprint density at radius 1 is 1.24 bits per heavy atom. The summed E-state index contributed by atoms with van der Waals surface area (Å²) in [5.74, 6) is 0.623. The Hall–Kier alpha value is -1.42. The van der Waals surface area contributed by atoms with Crippen molar-refractivity contribution in [3.8, 4) is 0 Å². The number of rotatable bonds is 1. The van der Waals surface area contributed by atoms with Gasteiger partial charge in [0.25, 0.3) is 0 Å². The number of ether oxygens (including phenoxy) is 1. The summed E-state index contributed by atoms with van der Waals surface area (Å²) in [6, 6.07) is 0. The van der Waals surface area contributed by atoms with Crippen molar-refractivity contribution in [2.75, 3.05) is 0 Å². The van der Waals surface area contributed by atoms with Crippen molar-refractivity contribution in [3.05, 3.63) is 23.8 Å². The van der Waals surface area contributed by atoms with Gasteiger partial charge in [-0.1, -0.05) is 31.6 Å². The van der Waals surface area contributed by atoms with Gasteiger partial charge in [0.2, 0.25) is 0 Å². The van der Waals surface area contributed by atoms with E-state index in [0.717, 1.165) is 32.1 Å². The molecule has 2 unspecified atom stereocenters. The van der Waals surface area contributed by atoms with E-state index in [-0.39, 0.29) is 40.5 Å². The van der Waals surface area contributed by atoms with Crippen molar-refractivity contribution in [3.63, 3.8) is 0 Å². The number of carbonyl (C=O) groups excluding carboxylic acids is 2. The molecule has 4 aliphatic rings. The second-order valence-corrected chi connectivity index (χ2v) is 8.96. The fourth-order valence-corrected chi connectivity index (χ4v) is 6.23. The molecule has 4 heteroatoms. The summed E-state index contributed by atoms with van der Waals surface area (Å²) in [6.45, 7) is 5.84. The Bertz CT molecular complexity index is 677. The lowest BCUT2D eigenvalue weighted by Crippen LogP contribution is -2.55. The average Bonchev–Trinajstić information content (AvgIpc) is 2.84. The maximum Gasteiger partial charge on any atom is 0.302 e. The normalized spacial score (nSPS) is 48.2. The number of aliphatic hydroxyl groups is 1. The highest BCUT2D eigenvalue weighted by atomic mass is 16.5. The van der Waals surface area contributed by atoms with Crippen LogP contribution < -0.4 is 0 Å². The zero-order valence-electron chi connectivity index (χ0n) is 15.3. The molecule has 2 fully saturated rings. The van der Waals surface area contributed by atoms with E-state index < -0.39 is 6.10 Å². The Morgan fingerprint density at radius 3 is 2.68 bits per heavy atom. The smallest absolute Gasteiger partial charge is 0.302 e. The van der Waals surface area contributed by atoms with Gasteiger partial charge in [0.05, 0.1) is 6.10 Å². The monoisotopic (exact) mass is 344 g/mol. The van der Waals surface area contributed by atoms with Crippen LogP contribution in [0.15, 0.2) is 23.8 Å². The van der Waals surface area contributed by atoms with Gasteiger partial charge in [-0.3, -0.25) is 9.59 Å². The van der Waals surface area contributed by atoms with Gasteiger partial charge in [0.1, 0.15) is 6.10 Å². The van der Waals surface area contributed by atoms with Crippen LogP contribution in [-0.4, -0.2) is 29.1 Å². The molecule has 4 rings (SSSR count). The van der Waals surface area contributed by atoms with Crippen LogP contribution in [0.25, 0.3) is 0 Å². The zero-order valence-corrected chi connectivity index (χ0v) is 15.3. The van der Waals surface area contributed by atoms with E-state index in [4.69, 9.17) is 4.74 Å². The standard InChI is InChI=1S/C21H28O4/c1-12(22)25-14-6-8-20(2)13(10-14)11-17(23)19-15-4-5-18(24)21(15,3)9-7-16(19)20/h4-5,11,14-17,19,23H,6-10H2,1-3H3/t14?,15-,16+,17?,19-,20-,21-/m0/s1. The van der Waals surface area contributed by atoms with Gasteiger partial charge in [-0.2, -0.15) is 0 Å². The van der Waals surface area contributed by atoms with Crippen molar-refractivity contribution < 1.29 is 19.4 Å². The SMILES string of the molecule is CC(=O)OC1CC[C@@]2(C)C(=CC(O)[C@@H]3[C@H]2CC[C@]2(C)C(=O)C=C[C@@H]32)C1. The summed E-state index contributed by atoms with van der Waals surface area (Å²) < 4.78 is 5.44. The topological polar surface area (TPSA) is 63.6 Å². The van der Waals surface area contributed by atoms with E-state index in [2.05, 4.69) is 19.9 Å². The molecule has 0 amide bonds. The lowest BCUT2D eigenvalue weighted by molar-refractivity contribution is -0.149. The molecule has 0 aliphatic heterocycles. The highest BCUT2D eigenvalue weighted by molar-refractivity contribution is 5.97. The molecule has 25 heavy (non-hydrogen) atoms. The van der Waals surface area contributed by atoms with Crippen LogP contribution in [0, 0.1) is 28.6 Å². The first-order valence-corrected chi connectivity index (χ1v) is 9.55. The van der Waals surface area contributed by atoms with Gasteiger partial charge >= 0.3 is 5.97 Å². The van der Waals surface area contributed by atoms with Gasteiger partial charge in [-0.15, -0.1) is 0 Å². The molecule has 4 nitrogen and oxygen atoms in total. The summed E-state index contributed by atoms with van der Waals surface area (Å²) in [7, 11) is 0. The van der Waals surface area contributed by atoms with Crippen molar-refractivity contribution in [1.29, 1.82) is 0 Å². The first-order chi connectivity index (χ1) is 11.8. The number of fused-ring (bicyclic) bond motifs is 5. The van der Waals surface area contributed by atoms with Crippen molar-refractivity contribution >= 4 is 11.8 Å².